The van der Waals surface area contributed by atoms with E-state index in [0.29, 0.717) is 12.0 Å². The highest BCUT2D eigenvalue weighted by Gasteiger charge is 2.40. The molecule has 3 fully saturated rings. The van der Waals surface area contributed by atoms with Crippen LogP contribution in [0.15, 0.2) is 6.07 Å². The van der Waals surface area contributed by atoms with Gasteiger partial charge in [-0.1, -0.05) is 0 Å². The Morgan fingerprint density at radius 3 is 2.72 bits per heavy atom. The summed E-state index contributed by atoms with van der Waals surface area (Å²) < 4.78 is 14.0. The van der Waals surface area contributed by atoms with E-state index in [4.69, 9.17) is 14.6 Å². The molecule has 2 aliphatic heterocycles. The van der Waals surface area contributed by atoms with E-state index in [0.717, 1.165) is 85.6 Å². The summed E-state index contributed by atoms with van der Waals surface area (Å²) in [5, 5.41) is 12.7. The van der Waals surface area contributed by atoms with E-state index < -0.39 is 0 Å². The van der Waals surface area contributed by atoms with Crippen molar-refractivity contribution in [2.75, 3.05) is 26.3 Å². The van der Waals surface area contributed by atoms with Crippen molar-refractivity contribution in [3.05, 3.63) is 16.6 Å². The minimum Gasteiger partial charge on any atom is -0.381 e. The summed E-state index contributed by atoms with van der Waals surface area (Å²) in [7, 11) is 0. The topological polar surface area (TPSA) is 77.4 Å². The lowest BCUT2D eigenvalue weighted by atomic mass is 9.75. The number of amides is 1. The number of carbonyl (C=O) groups excluding carboxylic acids is 1. The summed E-state index contributed by atoms with van der Waals surface area (Å²) in [6.07, 6.45) is 6.46. The van der Waals surface area contributed by atoms with Gasteiger partial charge in [0.05, 0.1) is 28.3 Å². The van der Waals surface area contributed by atoms with Gasteiger partial charge in [-0.3, -0.25) is 9.48 Å². The molecule has 4 heterocycles. The van der Waals surface area contributed by atoms with Crippen molar-refractivity contribution in [1.82, 2.24) is 20.4 Å². The van der Waals surface area contributed by atoms with Gasteiger partial charge in [0.15, 0.2) is 0 Å². The predicted molar refractivity (Wildman–Crippen MR) is 126 cm³/mol. The second-order valence-electron chi connectivity index (χ2n) is 10.1. The number of morpholine rings is 1. The van der Waals surface area contributed by atoms with Gasteiger partial charge in [-0.15, -0.1) is 11.3 Å². The van der Waals surface area contributed by atoms with Crippen LogP contribution in [0.1, 0.15) is 73.8 Å². The van der Waals surface area contributed by atoms with E-state index in [1.165, 1.54) is 0 Å². The first kappa shape index (κ1) is 22.3. The molecule has 2 aromatic heterocycles. The Bertz CT molecular complexity index is 958. The van der Waals surface area contributed by atoms with Gasteiger partial charge in [0.2, 0.25) is 0 Å². The molecule has 176 valence electrons. The highest BCUT2D eigenvalue weighted by Crippen LogP contribution is 2.37. The average molecular weight is 461 g/mol. The first-order valence-electron chi connectivity index (χ1n) is 12.2. The second kappa shape index (κ2) is 9.05. The number of carbonyl (C=O) groups is 1. The Morgan fingerprint density at radius 2 is 2.00 bits per heavy atom. The Balaban J connectivity index is 1.22. The number of thiophene rings is 1. The first-order chi connectivity index (χ1) is 15.4. The second-order valence-corrected chi connectivity index (χ2v) is 11.1. The molecule has 2 saturated heterocycles. The molecule has 3 aliphatic rings. The van der Waals surface area contributed by atoms with Crippen molar-refractivity contribution in [3.8, 4) is 0 Å². The molecular formula is C24H36N4O3S. The molecule has 1 saturated carbocycles. The van der Waals surface area contributed by atoms with E-state index in [1.807, 2.05) is 13.0 Å². The third kappa shape index (κ3) is 4.34. The molecule has 8 heteroatoms. The fourth-order valence-electron chi connectivity index (χ4n) is 5.77. The largest absolute Gasteiger partial charge is 0.381 e. The molecule has 0 unspecified atom stereocenters. The van der Waals surface area contributed by atoms with Crippen LogP contribution in [0, 0.1) is 12.8 Å². The highest BCUT2D eigenvalue weighted by molar-refractivity contribution is 7.20. The normalized spacial score (nSPS) is 32.3. The van der Waals surface area contributed by atoms with Gasteiger partial charge in [0.25, 0.3) is 5.91 Å². The molecule has 0 spiro atoms. The van der Waals surface area contributed by atoms with Gasteiger partial charge in [-0.05, 0) is 71.3 Å². The zero-order valence-electron chi connectivity index (χ0n) is 19.5. The van der Waals surface area contributed by atoms with Crippen LogP contribution >= 0.6 is 11.3 Å². The summed E-state index contributed by atoms with van der Waals surface area (Å²) in [5.41, 5.74) is 0.914. The molecule has 1 amide bonds. The maximum Gasteiger partial charge on any atom is 0.261 e. The van der Waals surface area contributed by atoms with E-state index in [1.54, 1.807) is 11.3 Å². The van der Waals surface area contributed by atoms with Crippen LogP contribution in [0.4, 0.5) is 0 Å². The molecule has 2 atom stereocenters. The number of ether oxygens (including phenoxy) is 2. The van der Waals surface area contributed by atoms with Crippen molar-refractivity contribution >= 4 is 27.5 Å². The van der Waals surface area contributed by atoms with E-state index >= 15 is 0 Å². The summed E-state index contributed by atoms with van der Waals surface area (Å²) in [4.78, 5) is 15.0. The fourth-order valence-corrected chi connectivity index (χ4v) is 6.91. The average Bonchev–Trinajstić information content (AvgIpc) is 3.35. The third-order valence-corrected chi connectivity index (χ3v) is 8.76. The number of rotatable bonds is 4. The van der Waals surface area contributed by atoms with Crippen LogP contribution in [0.25, 0.3) is 10.2 Å². The zero-order valence-corrected chi connectivity index (χ0v) is 20.3. The monoisotopic (exact) mass is 460 g/mol. The molecule has 2 N–H and O–H groups in total. The SMILES string of the molecule is Cc1nn(C2CCOCC2)c2sc(C(=O)NC3CCC([C@@]4(C)CNC[C@@H](C)O4)CC3)cc12. The molecule has 7 nitrogen and oxygen atoms in total. The molecule has 2 aromatic rings. The first-order valence-corrected chi connectivity index (χ1v) is 13.0. The van der Waals surface area contributed by atoms with Crippen molar-refractivity contribution < 1.29 is 14.3 Å². The number of aromatic nitrogens is 2. The number of nitrogens with zero attached hydrogens (tertiary/aromatic N) is 2. The Morgan fingerprint density at radius 1 is 1.25 bits per heavy atom. The Labute approximate surface area is 194 Å². The van der Waals surface area contributed by atoms with Crippen LogP contribution in [0.2, 0.25) is 0 Å². The summed E-state index contributed by atoms with van der Waals surface area (Å²) in [6, 6.07) is 2.64. The lowest BCUT2D eigenvalue weighted by Crippen LogP contribution is -2.56. The molecular weight excluding hydrogens is 424 g/mol. The molecule has 5 rings (SSSR count). The van der Waals surface area contributed by atoms with Crippen LogP contribution in [0.5, 0.6) is 0 Å². The Kier molecular flexibility index (Phi) is 6.31. The van der Waals surface area contributed by atoms with E-state index in [-0.39, 0.29) is 23.7 Å². The molecule has 0 radical (unpaired) electrons. The summed E-state index contributed by atoms with van der Waals surface area (Å²) in [5.74, 6) is 0.603. The number of hydrogen-bond acceptors (Lipinski definition) is 6. The fraction of sp³-hybridized carbons (Fsp3) is 0.750. The van der Waals surface area contributed by atoms with Gasteiger partial charge in [0.1, 0.15) is 4.83 Å². The van der Waals surface area contributed by atoms with Crippen molar-refractivity contribution in [2.45, 2.75) is 83.1 Å². The molecule has 0 bridgehead atoms. The standard InChI is InChI=1S/C24H36N4O3S/c1-15-13-25-14-24(3,31-15)17-4-6-18(7-5-17)26-22(29)21-12-20-16(2)27-28(23(20)32-21)19-8-10-30-11-9-19/h12,15,17-19,25H,4-11,13-14H2,1-3H3,(H,26,29)/t15-,17?,18?,24-/m1/s1. The quantitative estimate of drug-likeness (QED) is 0.726. The van der Waals surface area contributed by atoms with E-state index in [9.17, 15) is 4.79 Å². The highest BCUT2D eigenvalue weighted by atomic mass is 32.1. The number of nitrogens with one attached hydrogen (secondary N) is 2. The maximum atomic E-state index is 13.1. The van der Waals surface area contributed by atoms with Crippen LogP contribution in [-0.2, 0) is 9.47 Å². The number of aryl methyl sites for hydroxylation is 1. The predicted octanol–water partition coefficient (Wildman–Crippen LogP) is 3.81. The van der Waals surface area contributed by atoms with Gasteiger partial charge >= 0.3 is 0 Å². The van der Waals surface area contributed by atoms with Crippen molar-refractivity contribution in [3.63, 3.8) is 0 Å². The van der Waals surface area contributed by atoms with Crippen molar-refractivity contribution in [1.29, 1.82) is 0 Å². The van der Waals surface area contributed by atoms with Crippen molar-refractivity contribution in [2.24, 2.45) is 5.92 Å². The van der Waals surface area contributed by atoms with Crippen LogP contribution in [-0.4, -0.2) is 59.7 Å². The zero-order chi connectivity index (χ0) is 22.3. The van der Waals surface area contributed by atoms with Gasteiger partial charge < -0.3 is 20.1 Å². The maximum absolute atomic E-state index is 13.1. The minimum atomic E-state index is -0.0916. The lowest BCUT2D eigenvalue weighted by Gasteiger charge is -2.46. The van der Waals surface area contributed by atoms with Gasteiger partial charge in [-0.2, -0.15) is 5.10 Å². The summed E-state index contributed by atoms with van der Waals surface area (Å²) >= 11 is 1.58. The van der Waals surface area contributed by atoms with Crippen LogP contribution < -0.4 is 10.6 Å². The molecule has 0 aromatic carbocycles. The minimum absolute atomic E-state index is 0.0583. The lowest BCUT2D eigenvalue weighted by molar-refractivity contribution is -0.137. The van der Waals surface area contributed by atoms with Gasteiger partial charge in [-0.25, -0.2) is 0 Å². The van der Waals surface area contributed by atoms with E-state index in [2.05, 4.69) is 29.2 Å². The summed E-state index contributed by atoms with van der Waals surface area (Å²) in [6.45, 7) is 9.85. The number of fused-ring (bicyclic) bond motifs is 1. The third-order valence-electron chi connectivity index (χ3n) is 7.63. The smallest absolute Gasteiger partial charge is 0.261 e. The Hall–Kier alpha value is -1.48. The van der Waals surface area contributed by atoms with Gasteiger partial charge in [0, 0.05) is 37.7 Å². The molecule has 1 aliphatic carbocycles. The number of hydrogen-bond donors (Lipinski definition) is 2. The molecule has 32 heavy (non-hydrogen) atoms. The van der Waals surface area contributed by atoms with Crippen LogP contribution in [0.3, 0.4) is 0 Å².